The van der Waals surface area contributed by atoms with Crippen LogP contribution in [0.3, 0.4) is 0 Å². The van der Waals surface area contributed by atoms with Crippen molar-refractivity contribution in [3.05, 3.63) is 0 Å². The van der Waals surface area contributed by atoms with Crippen molar-refractivity contribution in [2.75, 3.05) is 0 Å². The third kappa shape index (κ3) is 12.9. The molecule has 7 nitrogen and oxygen atoms in total. The number of carbonyl (C=O) groups is 2. The number of ketones is 1. The highest BCUT2D eigenvalue weighted by Gasteiger charge is 2.40. The standard InChI is InChI=1S/C35H62O7/c1-3-4-5-6-7-8-12-15-18-29(37)31-20-22-33(41-31)34-23-21-32(42-34)30(38)19-16-13-10-9-11-14-17-28-25-27(24-26(2)36)35(39)40-28/h27-34,37-38H,3-25H2,1-2H3/t27-,28+,29+,30+,31+,32+,33-,34+/m0/s1. The van der Waals surface area contributed by atoms with E-state index < -0.39 is 6.10 Å². The van der Waals surface area contributed by atoms with Crippen molar-refractivity contribution in [1.29, 1.82) is 0 Å². The van der Waals surface area contributed by atoms with Gasteiger partial charge in [-0.25, -0.2) is 0 Å². The summed E-state index contributed by atoms with van der Waals surface area (Å²) in [6.45, 7) is 3.78. The molecular weight excluding hydrogens is 532 g/mol. The minimum absolute atomic E-state index is 0.0162. The molecule has 3 saturated heterocycles. The molecule has 0 bridgehead atoms. The quantitative estimate of drug-likeness (QED) is 0.0941. The molecule has 3 rings (SSSR count). The van der Waals surface area contributed by atoms with Crippen molar-refractivity contribution in [2.45, 2.75) is 204 Å². The van der Waals surface area contributed by atoms with E-state index >= 15 is 0 Å². The molecule has 7 heteroatoms. The molecule has 0 aromatic carbocycles. The van der Waals surface area contributed by atoms with E-state index in [0.717, 1.165) is 89.9 Å². The summed E-state index contributed by atoms with van der Waals surface area (Å²) in [5.74, 6) is -0.379. The maximum absolute atomic E-state index is 11.9. The summed E-state index contributed by atoms with van der Waals surface area (Å²) in [5, 5.41) is 21.4. The van der Waals surface area contributed by atoms with Gasteiger partial charge >= 0.3 is 5.97 Å². The number of aliphatic hydroxyl groups is 2. The smallest absolute Gasteiger partial charge is 0.309 e. The van der Waals surface area contributed by atoms with Crippen LogP contribution in [-0.4, -0.2) is 64.7 Å². The van der Waals surface area contributed by atoms with Crippen LogP contribution in [-0.2, 0) is 23.8 Å². The Bertz CT molecular complexity index is 758. The van der Waals surface area contributed by atoms with Crippen LogP contribution >= 0.6 is 0 Å². The SMILES string of the molecule is CCCCCCCCCC[C@@H](O)[C@H]1CC[C@@H]([C@H]2CC[C@H]([C@H](O)CCCCCCCC[C@@H]3C[C@H](CC(C)=O)C(=O)O3)O2)O1. The number of Topliss-reactive ketones (excluding diaryl/α,β-unsaturated/α-hetero) is 1. The van der Waals surface area contributed by atoms with Gasteiger partial charge in [-0.3, -0.25) is 4.79 Å². The molecule has 0 aromatic rings. The van der Waals surface area contributed by atoms with Gasteiger partial charge in [0, 0.05) is 6.42 Å². The van der Waals surface area contributed by atoms with E-state index in [4.69, 9.17) is 14.2 Å². The monoisotopic (exact) mass is 594 g/mol. The maximum atomic E-state index is 11.9. The Balaban J connectivity index is 1.16. The van der Waals surface area contributed by atoms with Crippen LogP contribution in [0.25, 0.3) is 0 Å². The Morgan fingerprint density at radius 2 is 1.21 bits per heavy atom. The van der Waals surface area contributed by atoms with E-state index in [1.54, 1.807) is 0 Å². The van der Waals surface area contributed by atoms with Crippen molar-refractivity contribution in [3.63, 3.8) is 0 Å². The summed E-state index contributed by atoms with van der Waals surface area (Å²) in [6, 6.07) is 0. The second-order valence-corrected chi connectivity index (χ2v) is 13.6. The Kier molecular flexibility index (Phi) is 17.0. The summed E-state index contributed by atoms with van der Waals surface area (Å²) in [4.78, 5) is 23.1. The molecule has 8 atom stereocenters. The molecule has 2 N–H and O–H groups in total. The molecule has 42 heavy (non-hydrogen) atoms. The highest BCUT2D eigenvalue weighted by Crippen LogP contribution is 2.35. The average molecular weight is 595 g/mol. The molecule has 3 aliphatic rings. The van der Waals surface area contributed by atoms with Gasteiger partial charge in [-0.2, -0.15) is 0 Å². The lowest BCUT2D eigenvalue weighted by Gasteiger charge is -2.24. The molecule has 3 heterocycles. The molecule has 244 valence electrons. The number of hydrogen-bond donors (Lipinski definition) is 2. The van der Waals surface area contributed by atoms with Crippen LogP contribution in [0.2, 0.25) is 0 Å². The van der Waals surface area contributed by atoms with E-state index in [0.29, 0.717) is 12.8 Å². The highest BCUT2D eigenvalue weighted by atomic mass is 16.6. The Morgan fingerprint density at radius 1 is 0.738 bits per heavy atom. The second kappa shape index (κ2) is 20.1. The normalized spacial score (nSPS) is 29.2. The topological polar surface area (TPSA) is 102 Å². The second-order valence-electron chi connectivity index (χ2n) is 13.6. The van der Waals surface area contributed by atoms with Gasteiger partial charge in [-0.15, -0.1) is 0 Å². The first-order valence-electron chi connectivity index (χ1n) is 17.7. The van der Waals surface area contributed by atoms with Crippen LogP contribution in [0, 0.1) is 5.92 Å². The van der Waals surface area contributed by atoms with Crippen molar-refractivity contribution < 1.29 is 34.0 Å². The van der Waals surface area contributed by atoms with Gasteiger partial charge < -0.3 is 29.2 Å². The van der Waals surface area contributed by atoms with E-state index in [2.05, 4.69) is 6.92 Å². The number of esters is 1. The van der Waals surface area contributed by atoms with Crippen LogP contribution in [0.1, 0.15) is 162 Å². The lowest BCUT2D eigenvalue weighted by atomic mass is 9.96. The predicted octanol–water partition coefficient (Wildman–Crippen LogP) is 7.37. The minimum atomic E-state index is -0.417. The number of ether oxygens (including phenoxy) is 3. The molecule has 0 saturated carbocycles. The number of unbranched alkanes of at least 4 members (excludes halogenated alkanes) is 12. The third-order valence-electron chi connectivity index (χ3n) is 9.77. The first-order valence-corrected chi connectivity index (χ1v) is 17.7. The third-order valence-corrected chi connectivity index (χ3v) is 9.77. The lowest BCUT2D eigenvalue weighted by molar-refractivity contribution is -0.145. The van der Waals surface area contributed by atoms with Crippen LogP contribution < -0.4 is 0 Å². The van der Waals surface area contributed by atoms with Gasteiger partial charge in [-0.05, 0) is 64.7 Å². The Morgan fingerprint density at radius 3 is 1.71 bits per heavy atom. The summed E-state index contributed by atoms with van der Waals surface area (Å²) < 4.78 is 18.0. The van der Waals surface area contributed by atoms with Crippen LogP contribution in [0.4, 0.5) is 0 Å². The van der Waals surface area contributed by atoms with E-state index in [-0.39, 0.29) is 54.3 Å². The Hall–Kier alpha value is -1.02. The van der Waals surface area contributed by atoms with Crippen molar-refractivity contribution in [3.8, 4) is 0 Å². The Labute approximate surface area is 255 Å². The largest absolute Gasteiger partial charge is 0.462 e. The fraction of sp³-hybridized carbons (Fsp3) is 0.943. The number of cyclic esters (lactones) is 1. The van der Waals surface area contributed by atoms with Gasteiger partial charge in [-0.1, -0.05) is 90.4 Å². The summed E-state index contributed by atoms with van der Waals surface area (Å²) in [6.07, 6.45) is 23.1. The molecular formula is C35H62O7. The number of carbonyl (C=O) groups excluding carboxylic acids is 2. The highest BCUT2D eigenvalue weighted by molar-refractivity contribution is 5.83. The van der Waals surface area contributed by atoms with E-state index in [9.17, 15) is 19.8 Å². The van der Waals surface area contributed by atoms with Crippen molar-refractivity contribution >= 4 is 11.8 Å². The van der Waals surface area contributed by atoms with E-state index in [1.165, 1.54) is 51.9 Å². The molecule has 0 radical (unpaired) electrons. The summed E-state index contributed by atoms with van der Waals surface area (Å²) >= 11 is 0. The fourth-order valence-corrected chi connectivity index (χ4v) is 7.20. The van der Waals surface area contributed by atoms with Crippen molar-refractivity contribution in [1.82, 2.24) is 0 Å². The molecule has 3 aliphatic heterocycles. The van der Waals surface area contributed by atoms with Gasteiger partial charge in [0.1, 0.15) is 11.9 Å². The molecule has 0 unspecified atom stereocenters. The predicted molar refractivity (Wildman–Crippen MR) is 165 cm³/mol. The number of hydrogen-bond acceptors (Lipinski definition) is 7. The first kappa shape index (κ1) is 35.5. The van der Waals surface area contributed by atoms with Gasteiger partial charge in [0.25, 0.3) is 0 Å². The van der Waals surface area contributed by atoms with Gasteiger partial charge in [0.2, 0.25) is 0 Å². The van der Waals surface area contributed by atoms with Crippen LogP contribution in [0.5, 0.6) is 0 Å². The fourth-order valence-electron chi connectivity index (χ4n) is 7.20. The summed E-state index contributed by atoms with van der Waals surface area (Å²) in [7, 11) is 0. The van der Waals surface area contributed by atoms with Crippen LogP contribution in [0.15, 0.2) is 0 Å². The zero-order valence-corrected chi connectivity index (χ0v) is 26.8. The van der Waals surface area contributed by atoms with E-state index in [1.807, 2.05) is 0 Å². The number of aliphatic hydroxyl groups excluding tert-OH is 2. The zero-order valence-electron chi connectivity index (χ0n) is 26.8. The molecule has 0 spiro atoms. The molecule has 0 aromatic heterocycles. The lowest BCUT2D eigenvalue weighted by Crippen LogP contribution is -2.33. The maximum Gasteiger partial charge on any atom is 0.309 e. The van der Waals surface area contributed by atoms with Gasteiger partial charge in [0.15, 0.2) is 0 Å². The summed E-state index contributed by atoms with van der Waals surface area (Å²) in [5.41, 5.74) is 0. The van der Waals surface area contributed by atoms with Crippen molar-refractivity contribution in [2.24, 2.45) is 5.92 Å². The zero-order chi connectivity index (χ0) is 30.2. The van der Waals surface area contributed by atoms with Gasteiger partial charge in [0.05, 0.1) is 42.5 Å². The molecule has 3 fully saturated rings. The number of rotatable bonds is 23. The molecule has 0 amide bonds. The average Bonchev–Trinajstić information content (AvgIpc) is 3.72. The first-order chi connectivity index (χ1) is 20.4. The molecule has 0 aliphatic carbocycles. The minimum Gasteiger partial charge on any atom is -0.462 e.